The number of carbonyl (C=O) groups excluding carboxylic acids is 1. The smallest absolute Gasteiger partial charge is 0.227 e. The lowest BCUT2D eigenvalue weighted by Gasteiger charge is -2.21. The number of nitrogens with one attached hydrogen (secondary N) is 1. The Hall–Kier alpha value is -2.11. The summed E-state index contributed by atoms with van der Waals surface area (Å²) in [5, 5.41) is 7.07. The molecule has 2 saturated carbocycles. The van der Waals surface area contributed by atoms with E-state index >= 15 is 0 Å². The first kappa shape index (κ1) is 15.4. The van der Waals surface area contributed by atoms with E-state index in [1.54, 1.807) is 18.6 Å². The maximum atomic E-state index is 12.1. The number of furan rings is 1. The zero-order valence-corrected chi connectivity index (χ0v) is 13.7. The predicted molar refractivity (Wildman–Crippen MR) is 86.9 cm³/mol. The summed E-state index contributed by atoms with van der Waals surface area (Å²) in [7, 11) is 0. The summed E-state index contributed by atoms with van der Waals surface area (Å²) < 4.78 is 10.2. The van der Waals surface area contributed by atoms with Crippen LogP contribution in [0, 0.1) is 11.8 Å². The van der Waals surface area contributed by atoms with Gasteiger partial charge in [-0.15, -0.1) is 0 Å². The summed E-state index contributed by atoms with van der Waals surface area (Å²) in [5.41, 5.74) is 0.780. The van der Waals surface area contributed by atoms with Gasteiger partial charge in [0.2, 0.25) is 17.6 Å². The zero-order chi connectivity index (χ0) is 16.4. The minimum absolute atomic E-state index is 0.0846. The van der Waals surface area contributed by atoms with Crippen LogP contribution in [0.2, 0.25) is 0 Å². The highest BCUT2D eigenvalue weighted by atomic mass is 16.5. The molecule has 2 aliphatic rings. The first-order valence-corrected chi connectivity index (χ1v) is 8.94. The standard InChI is InChI=1S/C18H23N3O3/c22-16(19-15-10-14(15)12-4-2-1-3-5-12)6-7-17-20-18(21-24-17)13-8-9-23-11-13/h8-9,11-12,14-15H,1-7,10H2,(H,19,22). The fourth-order valence-electron chi connectivity index (χ4n) is 3.83. The maximum absolute atomic E-state index is 12.1. The van der Waals surface area contributed by atoms with Crippen molar-refractivity contribution in [2.24, 2.45) is 11.8 Å². The van der Waals surface area contributed by atoms with Gasteiger partial charge in [-0.2, -0.15) is 4.98 Å². The van der Waals surface area contributed by atoms with Crippen LogP contribution >= 0.6 is 0 Å². The molecule has 2 unspecified atom stereocenters. The van der Waals surface area contributed by atoms with Crippen LogP contribution in [-0.4, -0.2) is 22.1 Å². The Kier molecular flexibility index (Phi) is 4.36. The molecular formula is C18H23N3O3. The zero-order valence-electron chi connectivity index (χ0n) is 13.7. The summed E-state index contributed by atoms with van der Waals surface area (Å²) >= 11 is 0. The van der Waals surface area contributed by atoms with E-state index in [9.17, 15) is 4.79 Å². The van der Waals surface area contributed by atoms with Crippen LogP contribution in [0.4, 0.5) is 0 Å². The second kappa shape index (κ2) is 6.79. The number of carbonyl (C=O) groups is 1. The number of hydrogen-bond donors (Lipinski definition) is 1. The van der Waals surface area contributed by atoms with Crippen LogP contribution in [0.25, 0.3) is 11.4 Å². The van der Waals surface area contributed by atoms with Gasteiger partial charge >= 0.3 is 0 Å². The van der Waals surface area contributed by atoms with Gasteiger partial charge in [0.05, 0.1) is 11.8 Å². The molecule has 4 rings (SSSR count). The quantitative estimate of drug-likeness (QED) is 0.879. The Bertz CT molecular complexity index is 674. The molecule has 0 aliphatic heterocycles. The summed E-state index contributed by atoms with van der Waals surface area (Å²) in [4.78, 5) is 16.4. The van der Waals surface area contributed by atoms with Gasteiger partial charge in [0.1, 0.15) is 6.26 Å². The minimum atomic E-state index is 0.0846. The molecule has 1 N–H and O–H groups in total. The molecule has 2 aromatic heterocycles. The Balaban J connectivity index is 1.21. The average molecular weight is 329 g/mol. The van der Waals surface area contributed by atoms with Crippen LogP contribution in [-0.2, 0) is 11.2 Å². The van der Waals surface area contributed by atoms with Crippen LogP contribution in [0.15, 0.2) is 27.5 Å². The third kappa shape index (κ3) is 3.52. The van der Waals surface area contributed by atoms with Crippen molar-refractivity contribution in [3.63, 3.8) is 0 Å². The van der Waals surface area contributed by atoms with Crippen molar-refractivity contribution in [1.82, 2.24) is 15.5 Å². The lowest BCUT2D eigenvalue weighted by atomic mass is 9.85. The van der Waals surface area contributed by atoms with Crippen LogP contribution in [0.3, 0.4) is 0 Å². The van der Waals surface area contributed by atoms with Crippen molar-refractivity contribution >= 4 is 5.91 Å². The van der Waals surface area contributed by atoms with Crippen LogP contribution < -0.4 is 5.32 Å². The van der Waals surface area contributed by atoms with Crippen LogP contribution in [0.5, 0.6) is 0 Å². The first-order chi connectivity index (χ1) is 11.8. The molecule has 0 saturated heterocycles. The van der Waals surface area contributed by atoms with E-state index in [0.29, 0.717) is 36.5 Å². The molecule has 6 heteroatoms. The molecule has 0 spiro atoms. The molecule has 6 nitrogen and oxygen atoms in total. The molecule has 0 bridgehead atoms. The van der Waals surface area contributed by atoms with Crippen molar-refractivity contribution in [2.75, 3.05) is 0 Å². The minimum Gasteiger partial charge on any atom is -0.472 e. The van der Waals surface area contributed by atoms with E-state index in [0.717, 1.165) is 17.9 Å². The van der Waals surface area contributed by atoms with E-state index < -0.39 is 0 Å². The second-order valence-electron chi connectivity index (χ2n) is 7.00. The number of hydrogen-bond acceptors (Lipinski definition) is 5. The van der Waals surface area contributed by atoms with Gasteiger partial charge in [-0.1, -0.05) is 37.3 Å². The predicted octanol–water partition coefficient (Wildman–Crippen LogP) is 3.35. The SMILES string of the molecule is O=C(CCc1nc(-c2ccoc2)no1)NC1CC1C1CCCCC1. The van der Waals surface area contributed by atoms with E-state index in [1.807, 2.05) is 0 Å². The van der Waals surface area contributed by atoms with Gasteiger partial charge in [0, 0.05) is 18.9 Å². The average Bonchev–Trinajstić information content (AvgIpc) is 3.03. The lowest BCUT2D eigenvalue weighted by molar-refractivity contribution is -0.121. The van der Waals surface area contributed by atoms with Crippen molar-refractivity contribution in [2.45, 2.75) is 57.4 Å². The van der Waals surface area contributed by atoms with Crippen molar-refractivity contribution in [1.29, 1.82) is 0 Å². The molecule has 0 radical (unpaired) electrons. The number of rotatable bonds is 6. The molecular weight excluding hydrogens is 306 g/mol. The molecule has 2 atom stereocenters. The highest BCUT2D eigenvalue weighted by molar-refractivity contribution is 5.76. The fourth-order valence-corrected chi connectivity index (χ4v) is 3.83. The molecule has 1 amide bonds. The largest absolute Gasteiger partial charge is 0.472 e. The normalized spacial score (nSPS) is 24.0. The van der Waals surface area contributed by atoms with E-state index in [4.69, 9.17) is 8.94 Å². The van der Waals surface area contributed by atoms with Gasteiger partial charge in [0.25, 0.3) is 0 Å². The van der Waals surface area contributed by atoms with E-state index in [-0.39, 0.29) is 5.91 Å². The summed E-state index contributed by atoms with van der Waals surface area (Å²) in [6, 6.07) is 2.17. The summed E-state index contributed by atoms with van der Waals surface area (Å²) in [5.74, 6) is 2.61. The van der Waals surface area contributed by atoms with Crippen molar-refractivity contribution in [3.05, 3.63) is 24.5 Å². The number of aromatic nitrogens is 2. The third-order valence-corrected chi connectivity index (χ3v) is 5.25. The molecule has 2 aliphatic carbocycles. The van der Waals surface area contributed by atoms with Gasteiger partial charge in [-0.25, -0.2) is 0 Å². The summed E-state index contributed by atoms with van der Waals surface area (Å²) in [6.45, 7) is 0. The van der Waals surface area contributed by atoms with E-state index in [1.165, 1.54) is 32.1 Å². The molecule has 2 heterocycles. The van der Waals surface area contributed by atoms with Crippen molar-refractivity contribution in [3.8, 4) is 11.4 Å². The summed E-state index contributed by atoms with van der Waals surface area (Å²) in [6.07, 6.45) is 11.9. The Morgan fingerprint density at radius 3 is 2.96 bits per heavy atom. The first-order valence-electron chi connectivity index (χ1n) is 8.94. The van der Waals surface area contributed by atoms with E-state index in [2.05, 4.69) is 15.5 Å². The van der Waals surface area contributed by atoms with Crippen LogP contribution in [0.1, 0.15) is 50.8 Å². The molecule has 2 fully saturated rings. The number of nitrogens with zero attached hydrogens (tertiary/aromatic N) is 2. The number of amides is 1. The fraction of sp³-hybridized carbons (Fsp3) is 0.611. The third-order valence-electron chi connectivity index (χ3n) is 5.25. The molecule has 0 aromatic carbocycles. The lowest BCUT2D eigenvalue weighted by Crippen LogP contribution is -2.28. The highest BCUT2D eigenvalue weighted by Gasteiger charge is 2.43. The number of aryl methyl sites for hydroxylation is 1. The maximum Gasteiger partial charge on any atom is 0.227 e. The second-order valence-corrected chi connectivity index (χ2v) is 7.00. The topological polar surface area (TPSA) is 81.2 Å². The Labute approximate surface area is 141 Å². The highest BCUT2D eigenvalue weighted by Crippen LogP contribution is 2.44. The molecule has 24 heavy (non-hydrogen) atoms. The van der Waals surface area contributed by atoms with Gasteiger partial charge in [0.15, 0.2) is 0 Å². The Morgan fingerprint density at radius 2 is 2.17 bits per heavy atom. The van der Waals surface area contributed by atoms with Gasteiger partial charge in [-0.3, -0.25) is 4.79 Å². The molecule has 2 aromatic rings. The molecule has 128 valence electrons. The Morgan fingerprint density at radius 1 is 1.29 bits per heavy atom. The van der Waals surface area contributed by atoms with Gasteiger partial charge in [-0.05, 0) is 24.3 Å². The monoisotopic (exact) mass is 329 g/mol. The van der Waals surface area contributed by atoms with Crippen molar-refractivity contribution < 1.29 is 13.7 Å². The van der Waals surface area contributed by atoms with Gasteiger partial charge < -0.3 is 14.3 Å².